The van der Waals surface area contributed by atoms with Gasteiger partial charge >= 0.3 is 0 Å². The lowest BCUT2D eigenvalue weighted by Gasteiger charge is -2.19. The van der Waals surface area contributed by atoms with E-state index in [0.717, 1.165) is 16.7 Å². The van der Waals surface area contributed by atoms with Crippen LogP contribution in [0.5, 0.6) is 0 Å². The maximum Gasteiger partial charge on any atom is 0.239 e. The number of hydrogen-bond donors (Lipinski definition) is 2. The summed E-state index contributed by atoms with van der Waals surface area (Å²) >= 11 is 4.49. The van der Waals surface area contributed by atoms with Gasteiger partial charge in [0.15, 0.2) is 5.84 Å². The summed E-state index contributed by atoms with van der Waals surface area (Å²) in [5, 5.41) is 5.38. The first-order chi connectivity index (χ1) is 6.70. The standard InChI is InChI=1S/C9H12N4S.HI/c1-7-11-12(2)9(14)13(7)8-5-3-4-6-10-8;/h3-6,9,14H,1-2H3;1H. The van der Waals surface area contributed by atoms with Gasteiger partial charge < -0.3 is 24.0 Å². The lowest BCUT2D eigenvalue weighted by Crippen LogP contribution is -3.07. The molecule has 0 aromatic carbocycles. The van der Waals surface area contributed by atoms with Crippen LogP contribution in [0.2, 0.25) is 0 Å². The van der Waals surface area contributed by atoms with Crippen LogP contribution in [0, 0.1) is 0 Å². The molecule has 1 aromatic heterocycles. The van der Waals surface area contributed by atoms with E-state index < -0.39 is 0 Å². The molecule has 0 radical (unpaired) electrons. The number of thiol groups is 1. The van der Waals surface area contributed by atoms with Gasteiger partial charge in [0.1, 0.15) is 5.82 Å². The fraction of sp³-hybridized carbons (Fsp3) is 0.333. The number of anilines is 1. The van der Waals surface area contributed by atoms with Crippen molar-refractivity contribution >= 4 is 24.3 Å². The Labute approximate surface area is 112 Å². The van der Waals surface area contributed by atoms with Crippen molar-refractivity contribution in [1.29, 1.82) is 0 Å². The zero-order valence-electron chi connectivity index (χ0n) is 8.55. The summed E-state index contributed by atoms with van der Waals surface area (Å²) in [6, 6.07) is 5.82. The summed E-state index contributed by atoms with van der Waals surface area (Å²) in [6.45, 7) is 1.97. The fourth-order valence-corrected chi connectivity index (χ4v) is 1.86. The van der Waals surface area contributed by atoms with E-state index in [1.54, 1.807) is 6.20 Å². The van der Waals surface area contributed by atoms with Crippen LogP contribution in [0.1, 0.15) is 6.92 Å². The number of pyridine rings is 1. The molecule has 6 heteroatoms. The van der Waals surface area contributed by atoms with Gasteiger partial charge in [-0.3, -0.25) is 0 Å². The zero-order valence-corrected chi connectivity index (χ0v) is 11.6. The molecule has 1 aliphatic rings. The SMILES string of the molecule is CC1=N[NH+](C)C(S)N1c1ccccn1.[I-]. The lowest BCUT2D eigenvalue weighted by molar-refractivity contribution is -0.889. The van der Waals surface area contributed by atoms with Crippen LogP contribution >= 0.6 is 12.6 Å². The highest BCUT2D eigenvalue weighted by atomic mass is 127. The Morgan fingerprint density at radius 2 is 2.20 bits per heavy atom. The average Bonchev–Trinajstić information content (AvgIpc) is 2.43. The largest absolute Gasteiger partial charge is 1.00 e. The van der Waals surface area contributed by atoms with Crippen molar-refractivity contribution in [3.05, 3.63) is 24.4 Å². The normalized spacial score (nSPS) is 24.7. The maximum absolute atomic E-state index is 4.49. The Morgan fingerprint density at radius 3 is 2.67 bits per heavy atom. The van der Waals surface area contributed by atoms with Crippen molar-refractivity contribution in [1.82, 2.24) is 4.98 Å². The van der Waals surface area contributed by atoms with Gasteiger partial charge in [0.2, 0.25) is 5.50 Å². The molecule has 0 saturated heterocycles. The van der Waals surface area contributed by atoms with Crippen molar-refractivity contribution in [3.8, 4) is 0 Å². The second kappa shape index (κ2) is 5.13. The number of hydrogen-bond acceptors (Lipinski definition) is 4. The zero-order chi connectivity index (χ0) is 10.1. The summed E-state index contributed by atoms with van der Waals surface area (Å²) in [5.74, 6) is 1.84. The summed E-state index contributed by atoms with van der Waals surface area (Å²) in [4.78, 5) is 6.29. The van der Waals surface area contributed by atoms with Crippen LogP contribution in [0.4, 0.5) is 5.82 Å². The molecule has 0 bridgehead atoms. The first-order valence-corrected chi connectivity index (χ1v) is 4.99. The summed E-state index contributed by atoms with van der Waals surface area (Å²) in [7, 11) is 1.98. The molecule has 0 saturated carbocycles. The first-order valence-electron chi connectivity index (χ1n) is 4.47. The Kier molecular flexibility index (Phi) is 4.35. The van der Waals surface area contributed by atoms with E-state index >= 15 is 0 Å². The van der Waals surface area contributed by atoms with E-state index in [-0.39, 0.29) is 29.5 Å². The van der Waals surface area contributed by atoms with Crippen LogP contribution < -0.4 is 33.9 Å². The fourth-order valence-electron chi connectivity index (χ4n) is 1.52. The predicted octanol–water partition coefficient (Wildman–Crippen LogP) is -3.03. The smallest absolute Gasteiger partial charge is 0.239 e. The number of halogens is 1. The van der Waals surface area contributed by atoms with Crippen molar-refractivity contribution in [2.45, 2.75) is 12.4 Å². The van der Waals surface area contributed by atoms with E-state index in [1.807, 2.05) is 37.1 Å². The van der Waals surface area contributed by atoms with Crippen LogP contribution in [0.3, 0.4) is 0 Å². The number of nitrogens with zero attached hydrogens (tertiary/aromatic N) is 3. The van der Waals surface area contributed by atoms with Gasteiger partial charge in [-0.15, -0.1) is 0 Å². The highest BCUT2D eigenvalue weighted by molar-refractivity contribution is 7.80. The van der Waals surface area contributed by atoms with Gasteiger partial charge in [0.25, 0.3) is 0 Å². The lowest BCUT2D eigenvalue weighted by atomic mass is 10.4. The Morgan fingerprint density at radius 1 is 1.47 bits per heavy atom. The van der Waals surface area contributed by atoms with Crippen molar-refractivity contribution in [3.63, 3.8) is 0 Å². The predicted molar refractivity (Wildman–Crippen MR) is 59.5 cm³/mol. The molecule has 82 valence electrons. The highest BCUT2D eigenvalue weighted by Crippen LogP contribution is 2.15. The molecular formula is C9H13IN4S. The van der Waals surface area contributed by atoms with Crippen molar-refractivity contribution < 1.29 is 29.0 Å². The first kappa shape index (κ1) is 12.7. The monoisotopic (exact) mass is 336 g/mol. The van der Waals surface area contributed by atoms with Crippen LogP contribution in [-0.4, -0.2) is 23.4 Å². The minimum atomic E-state index is 0. The van der Waals surface area contributed by atoms with E-state index in [9.17, 15) is 0 Å². The number of aromatic nitrogens is 1. The number of quaternary nitrogens is 1. The molecule has 0 aliphatic carbocycles. The van der Waals surface area contributed by atoms with Gasteiger partial charge in [-0.25, -0.2) is 9.88 Å². The van der Waals surface area contributed by atoms with E-state index in [1.165, 1.54) is 0 Å². The molecule has 15 heavy (non-hydrogen) atoms. The number of nitrogens with one attached hydrogen (secondary N) is 1. The number of rotatable bonds is 1. The van der Waals surface area contributed by atoms with Crippen LogP contribution in [0.15, 0.2) is 29.5 Å². The third-order valence-electron chi connectivity index (χ3n) is 2.20. The van der Waals surface area contributed by atoms with Gasteiger partial charge in [0, 0.05) is 6.20 Å². The molecule has 0 spiro atoms. The van der Waals surface area contributed by atoms with Crippen LogP contribution in [0.25, 0.3) is 0 Å². The molecule has 2 unspecified atom stereocenters. The second-order valence-electron chi connectivity index (χ2n) is 3.23. The molecular weight excluding hydrogens is 323 g/mol. The molecule has 1 N–H and O–H groups in total. The molecule has 2 rings (SSSR count). The average molecular weight is 336 g/mol. The van der Waals surface area contributed by atoms with Gasteiger partial charge in [0.05, 0.1) is 7.05 Å². The van der Waals surface area contributed by atoms with Crippen molar-refractivity contribution in [2.75, 3.05) is 11.9 Å². The summed E-state index contributed by atoms with van der Waals surface area (Å²) in [6.07, 6.45) is 1.77. The Hall–Kier alpha value is -0.340. The minimum Gasteiger partial charge on any atom is -1.00 e. The van der Waals surface area contributed by atoms with Gasteiger partial charge in [-0.05, 0) is 19.1 Å². The Bertz CT molecular complexity index is 356. The molecule has 2 heterocycles. The molecule has 0 fully saturated rings. The molecule has 0 amide bonds. The summed E-state index contributed by atoms with van der Waals surface area (Å²) < 4.78 is 0. The molecule has 2 atom stereocenters. The highest BCUT2D eigenvalue weighted by Gasteiger charge is 2.33. The quantitative estimate of drug-likeness (QED) is 0.423. The second-order valence-corrected chi connectivity index (χ2v) is 3.72. The third kappa shape index (κ3) is 2.43. The van der Waals surface area contributed by atoms with E-state index in [4.69, 9.17) is 0 Å². The van der Waals surface area contributed by atoms with E-state index in [2.05, 4.69) is 22.7 Å². The maximum atomic E-state index is 4.49. The van der Waals surface area contributed by atoms with Crippen LogP contribution in [-0.2, 0) is 0 Å². The van der Waals surface area contributed by atoms with Gasteiger partial charge in [-0.2, -0.15) is 5.01 Å². The third-order valence-corrected chi connectivity index (χ3v) is 2.81. The van der Waals surface area contributed by atoms with Crippen molar-refractivity contribution in [2.24, 2.45) is 5.10 Å². The molecule has 4 nitrogen and oxygen atoms in total. The molecule has 1 aliphatic heterocycles. The Balaban J connectivity index is 0.00000112. The topological polar surface area (TPSA) is 32.9 Å². The summed E-state index contributed by atoms with van der Waals surface area (Å²) in [5.41, 5.74) is 0.0184. The van der Waals surface area contributed by atoms with E-state index in [0.29, 0.717) is 0 Å². The number of amidine groups is 1. The van der Waals surface area contributed by atoms with Gasteiger partial charge in [-0.1, -0.05) is 23.8 Å². The molecule has 1 aromatic rings. The minimum absolute atomic E-state index is 0.